The van der Waals surface area contributed by atoms with E-state index in [1.165, 1.54) is 11.1 Å². The summed E-state index contributed by atoms with van der Waals surface area (Å²) < 4.78 is 11.6. The van der Waals surface area contributed by atoms with E-state index in [9.17, 15) is 0 Å². The Bertz CT molecular complexity index is 924. The van der Waals surface area contributed by atoms with Crippen molar-refractivity contribution in [3.63, 3.8) is 0 Å². The highest BCUT2D eigenvalue weighted by atomic mass is 35.5. The number of hydrogen-bond donors (Lipinski definition) is 0. The summed E-state index contributed by atoms with van der Waals surface area (Å²) in [4.78, 5) is 2.29. The number of aryl methyl sites for hydroxylation is 1. The van der Waals surface area contributed by atoms with Gasteiger partial charge in [0.15, 0.2) is 5.75 Å². The van der Waals surface area contributed by atoms with Crippen LogP contribution in [0.25, 0.3) is 0 Å². The van der Waals surface area contributed by atoms with Gasteiger partial charge in [0.1, 0.15) is 6.61 Å². The van der Waals surface area contributed by atoms with Gasteiger partial charge in [-0.3, -0.25) is 4.90 Å². The molecule has 27 heavy (non-hydrogen) atoms. The number of benzene rings is 2. The maximum atomic E-state index is 6.19. The average Bonchev–Trinajstić information content (AvgIpc) is 3.09. The molecule has 1 unspecified atom stereocenters. The number of rotatable bonds is 5. The van der Waals surface area contributed by atoms with Crippen LogP contribution >= 0.6 is 23.2 Å². The second-order valence-corrected chi connectivity index (χ2v) is 7.33. The Balaban J connectivity index is 1.52. The Morgan fingerprint density at radius 1 is 1.07 bits per heavy atom. The molecule has 0 saturated heterocycles. The Labute approximate surface area is 167 Å². The topological polar surface area (TPSA) is 51.4 Å². The lowest BCUT2D eigenvalue weighted by Gasteiger charge is -2.34. The van der Waals surface area contributed by atoms with Crippen molar-refractivity contribution in [3.05, 3.63) is 75.4 Å². The van der Waals surface area contributed by atoms with E-state index in [-0.39, 0.29) is 6.04 Å². The fourth-order valence-corrected chi connectivity index (χ4v) is 3.89. The number of aromatic nitrogens is 2. The van der Waals surface area contributed by atoms with Crippen molar-refractivity contribution in [3.8, 4) is 5.75 Å². The summed E-state index contributed by atoms with van der Waals surface area (Å²) in [6, 6.07) is 13.8. The minimum atomic E-state index is 0.0198. The first-order chi connectivity index (χ1) is 13.1. The molecule has 0 spiro atoms. The van der Waals surface area contributed by atoms with E-state index in [4.69, 9.17) is 32.4 Å². The third-order valence-corrected chi connectivity index (χ3v) is 5.31. The van der Waals surface area contributed by atoms with Crippen molar-refractivity contribution >= 4 is 23.2 Å². The van der Waals surface area contributed by atoms with Gasteiger partial charge in [0.05, 0.1) is 16.1 Å². The summed E-state index contributed by atoms with van der Waals surface area (Å²) >= 11 is 12.4. The van der Waals surface area contributed by atoms with Crippen LogP contribution in [-0.4, -0.2) is 28.2 Å². The first kappa shape index (κ1) is 18.3. The van der Waals surface area contributed by atoms with E-state index in [1.807, 2.05) is 0 Å². The third kappa shape index (κ3) is 3.95. The van der Waals surface area contributed by atoms with Crippen LogP contribution < -0.4 is 4.74 Å². The number of nitrogens with zero attached hydrogens (tertiary/aromatic N) is 3. The molecule has 1 aliphatic heterocycles. The molecule has 0 aliphatic carbocycles. The van der Waals surface area contributed by atoms with Gasteiger partial charge < -0.3 is 9.15 Å². The maximum absolute atomic E-state index is 6.19. The van der Waals surface area contributed by atoms with E-state index in [1.54, 1.807) is 25.1 Å². The van der Waals surface area contributed by atoms with Crippen LogP contribution in [0.1, 0.15) is 29.0 Å². The van der Waals surface area contributed by atoms with Crippen LogP contribution in [0.5, 0.6) is 5.75 Å². The second kappa shape index (κ2) is 7.89. The van der Waals surface area contributed by atoms with Gasteiger partial charge in [-0.2, -0.15) is 0 Å². The van der Waals surface area contributed by atoms with Crippen LogP contribution in [0, 0.1) is 6.92 Å². The van der Waals surface area contributed by atoms with E-state index in [0.717, 1.165) is 13.0 Å². The number of fused-ring (bicyclic) bond motifs is 1. The summed E-state index contributed by atoms with van der Waals surface area (Å²) in [6.45, 7) is 3.74. The first-order valence-corrected chi connectivity index (χ1v) is 9.55. The molecule has 0 N–H and O–H groups in total. The lowest BCUT2D eigenvalue weighted by molar-refractivity contribution is 0.121. The molecule has 0 amide bonds. The molecule has 3 aromatic rings. The van der Waals surface area contributed by atoms with Crippen molar-refractivity contribution in [1.29, 1.82) is 0 Å². The van der Waals surface area contributed by atoms with E-state index >= 15 is 0 Å². The van der Waals surface area contributed by atoms with Gasteiger partial charge in [-0.1, -0.05) is 53.5 Å². The highest BCUT2D eigenvalue weighted by Crippen LogP contribution is 2.34. The molecule has 5 nitrogen and oxygen atoms in total. The molecular formula is C20H19Cl2N3O2. The van der Waals surface area contributed by atoms with Gasteiger partial charge in [-0.05, 0) is 29.7 Å². The molecule has 0 radical (unpaired) electrons. The summed E-state index contributed by atoms with van der Waals surface area (Å²) in [5, 5.41) is 9.26. The molecular weight excluding hydrogens is 385 g/mol. The van der Waals surface area contributed by atoms with E-state index in [2.05, 4.69) is 39.4 Å². The van der Waals surface area contributed by atoms with Crippen molar-refractivity contribution in [2.75, 3.05) is 13.2 Å². The van der Waals surface area contributed by atoms with Gasteiger partial charge in [-0.25, -0.2) is 0 Å². The number of hydrogen-bond acceptors (Lipinski definition) is 5. The van der Waals surface area contributed by atoms with Gasteiger partial charge in [-0.15, -0.1) is 10.2 Å². The fourth-order valence-electron chi connectivity index (χ4n) is 3.39. The largest absolute Gasteiger partial charge is 0.489 e. The van der Waals surface area contributed by atoms with Crippen molar-refractivity contribution < 1.29 is 9.15 Å². The van der Waals surface area contributed by atoms with Crippen LogP contribution in [0.4, 0.5) is 0 Å². The fraction of sp³-hybridized carbons (Fsp3) is 0.300. The predicted octanol–water partition coefficient (Wildman–Crippen LogP) is 4.86. The maximum Gasteiger partial charge on any atom is 0.233 e. The molecule has 2 heterocycles. The summed E-state index contributed by atoms with van der Waals surface area (Å²) in [5.74, 6) is 1.73. The van der Waals surface area contributed by atoms with Crippen molar-refractivity contribution in [2.45, 2.75) is 25.9 Å². The molecule has 0 saturated carbocycles. The molecule has 0 fully saturated rings. The summed E-state index contributed by atoms with van der Waals surface area (Å²) in [7, 11) is 0. The second-order valence-electron chi connectivity index (χ2n) is 6.52. The lowest BCUT2D eigenvalue weighted by Crippen LogP contribution is -2.37. The van der Waals surface area contributed by atoms with Gasteiger partial charge >= 0.3 is 0 Å². The lowest BCUT2D eigenvalue weighted by atomic mass is 9.94. The number of ether oxygens (including phenoxy) is 1. The Morgan fingerprint density at radius 2 is 1.81 bits per heavy atom. The molecule has 4 rings (SSSR count). The average molecular weight is 404 g/mol. The van der Waals surface area contributed by atoms with E-state index in [0.29, 0.717) is 40.7 Å². The molecule has 1 aliphatic rings. The van der Waals surface area contributed by atoms with Crippen LogP contribution in [-0.2, 0) is 13.0 Å². The normalized spacial score (nSPS) is 16.9. The van der Waals surface area contributed by atoms with Crippen molar-refractivity contribution in [1.82, 2.24) is 15.1 Å². The zero-order chi connectivity index (χ0) is 18.8. The molecule has 1 atom stereocenters. The van der Waals surface area contributed by atoms with Crippen molar-refractivity contribution in [2.24, 2.45) is 0 Å². The Hall–Kier alpha value is -2.08. The Kier molecular flexibility index (Phi) is 5.34. The summed E-state index contributed by atoms with van der Waals surface area (Å²) in [6.07, 6.45) is 0.824. The standard InChI is InChI=1S/C20H19Cl2N3O2/c1-13-23-24-20(27-13)18-11-14-5-2-3-6-15(14)12-25(18)9-10-26-19-16(21)7-4-8-17(19)22/h2-8,18H,9-12H2,1H3. The Morgan fingerprint density at radius 3 is 2.52 bits per heavy atom. The minimum absolute atomic E-state index is 0.0198. The summed E-state index contributed by atoms with van der Waals surface area (Å²) in [5.41, 5.74) is 2.62. The van der Waals surface area contributed by atoms with Crippen LogP contribution in [0.2, 0.25) is 10.0 Å². The highest BCUT2D eigenvalue weighted by molar-refractivity contribution is 6.37. The van der Waals surface area contributed by atoms with Crippen LogP contribution in [0.15, 0.2) is 46.9 Å². The zero-order valence-corrected chi connectivity index (χ0v) is 16.4. The quantitative estimate of drug-likeness (QED) is 0.608. The minimum Gasteiger partial charge on any atom is -0.489 e. The zero-order valence-electron chi connectivity index (χ0n) is 14.9. The molecule has 2 aromatic carbocycles. The predicted molar refractivity (Wildman–Crippen MR) is 104 cm³/mol. The molecule has 1 aromatic heterocycles. The SMILES string of the molecule is Cc1nnc(C2Cc3ccccc3CN2CCOc2c(Cl)cccc2Cl)o1. The van der Waals surface area contributed by atoms with E-state index < -0.39 is 0 Å². The molecule has 140 valence electrons. The number of para-hydroxylation sites is 1. The monoisotopic (exact) mass is 403 g/mol. The van der Waals surface area contributed by atoms with Gasteiger partial charge in [0.25, 0.3) is 0 Å². The van der Waals surface area contributed by atoms with Crippen LogP contribution in [0.3, 0.4) is 0 Å². The molecule has 7 heteroatoms. The molecule has 0 bridgehead atoms. The number of halogens is 2. The first-order valence-electron chi connectivity index (χ1n) is 8.79. The van der Waals surface area contributed by atoms with Gasteiger partial charge in [0, 0.05) is 20.0 Å². The highest BCUT2D eigenvalue weighted by Gasteiger charge is 2.31. The third-order valence-electron chi connectivity index (χ3n) is 4.72. The smallest absolute Gasteiger partial charge is 0.233 e. The van der Waals surface area contributed by atoms with Gasteiger partial charge in [0.2, 0.25) is 11.8 Å².